The maximum Gasteiger partial charge on any atom is 0.339 e. The van der Waals surface area contributed by atoms with Crippen molar-refractivity contribution >= 4 is 11.7 Å². The Morgan fingerprint density at radius 3 is 2.48 bits per heavy atom. The molecule has 2 aromatic carbocycles. The fourth-order valence-electron chi connectivity index (χ4n) is 3.75. The van der Waals surface area contributed by atoms with Gasteiger partial charge in [-0.3, -0.25) is 4.98 Å². The molecule has 33 heavy (non-hydrogen) atoms. The predicted octanol–water partition coefficient (Wildman–Crippen LogP) is 4.72. The molecule has 7 heteroatoms. The number of para-hydroxylation sites is 1. The van der Waals surface area contributed by atoms with Crippen LogP contribution in [0, 0.1) is 0 Å². The Hall–Kier alpha value is -4.26. The van der Waals surface area contributed by atoms with Crippen molar-refractivity contribution < 1.29 is 19.0 Å². The van der Waals surface area contributed by atoms with Crippen molar-refractivity contribution in [2.75, 3.05) is 25.1 Å². The number of nitrogens with zero attached hydrogens (tertiary/aromatic N) is 3. The van der Waals surface area contributed by atoms with Crippen molar-refractivity contribution in [2.24, 2.45) is 0 Å². The van der Waals surface area contributed by atoms with Gasteiger partial charge >= 0.3 is 5.97 Å². The third kappa shape index (κ3) is 4.52. The molecule has 1 aliphatic heterocycles. The summed E-state index contributed by atoms with van der Waals surface area (Å²) in [5.41, 5.74) is 2.40. The van der Waals surface area contributed by atoms with Crippen molar-refractivity contribution in [1.29, 1.82) is 0 Å². The first-order valence-corrected chi connectivity index (χ1v) is 10.6. The molecule has 1 fully saturated rings. The fraction of sp³-hybridized carbons (Fsp3) is 0.154. The lowest BCUT2D eigenvalue weighted by Gasteiger charge is -2.40. The second-order valence-electron chi connectivity index (χ2n) is 7.69. The van der Waals surface area contributed by atoms with Gasteiger partial charge in [0.1, 0.15) is 23.4 Å². The van der Waals surface area contributed by atoms with E-state index in [1.165, 1.54) is 7.11 Å². The van der Waals surface area contributed by atoms with Gasteiger partial charge in [-0.15, -0.1) is 0 Å². The van der Waals surface area contributed by atoms with Crippen LogP contribution in [-0.4, -0.2) is 41.8 Å². The summed E-state index contributed by atoms with van der Waals surface area (Å²) in [5, 5.41) is 0. The highest BCUT2D eigenvalue weighted by atomic mass is 16.5. The molecule has 7 nitrogen and oxygen atoms in total. The number of methoxy groups -OCH3 is 1. The molecule has 4 aromatic rings. The third-order valence-electron chi connectivity index (χ3n) is 5.47. The van der Waals surface area contributed by atoms with Gasteiger partial charge in [-0.05, 0) is 54.6 Å². The van der Waals surface area contributed by atoms with Crippen molar-refractivity contribution in [2.45, 2.75) is 6.10 Å². The molecule has 2 aromatic heterocycles. The van der Waals surface area contributed by atoms with E-state index in [4.69, 9.17) is 14.2 Å². The van der Waals surface area contributed by atoms with E-state index in [1.807, 2.05) is 77.6 Å². The molecule has 1 aliphatic rings. The summed E-state index contributed by atoms with van der Waals surface area (Å²) in [6, 6.07) is 20.7. The lowest BCUT2D eigenvalue weighted by atomic mass is 10.1. The van der Waals surface area contributed by atoms with Crippen LogP contribution >= 0.6 is 0 Å². The van der Waals surface area contributed by atoms with Crippen LogP contribution in [0.5, 0.6) is 17.2 Å². The van der Waals surface area contributed by atoms with Gasteiger partial charge in [-0.1, -0.05) is 12.1 Å². The van der Waals surface area contributed by atoms with Crippen molar-refractivity contribution in [3.63, 3.8) is 0 Å². The van der Waals surface area contributed by atoms with Crippen molar-refractivity contribution in [1.82, 2.24) is 9.55 Å². The zero-order chi connectivity index (χ0) is 22.6. The average molecular weight is 441 g/mol. The second kappa shape index (κ2) is 9.08. The summed E-state index contributed by atoms with van der Waals surface area (Å²) in [6.45, 7) is 1.58. The van der Waals surface area contributed by atoms with Crippen LogP contribution in [0.3, 0.4) is 0 Å². The lowest BCUT2D eigenvalue weighted by molar-refractivity contribution is 0.0600. The Kier molecular flexibility index (Phi) is 5.68. The zero-order valence-corrected chi connectivity index (χ0v) is 18.1. The number of rotatable bonds is 7. The molecule has 0 spiro atoms. The largest absolute Gasteiger partial charge is 0.487 e. The minimum atomic E-state index is -0.352. The van der Waals surface area contributed by atoms with E-state index < -0.39 is 0 Å². The first-order valence-electron chi connectivity index (χ1n) is 10.6. The van der Waals surface area contributed by atoms with Crippen LogP contribution in [0.25, 0.3) is 5.69 Å². The number of benzene rings is 2. The molecule has 5 rings (SSSR count). The number of esters is 1. The number of carbonyl (C=O) groups excluding carboxylic acids is 1. The Bertz CT molecular complexity index is 1230. The maximum atomic E-state index is 12.1. The monoisotopic (exact) mass is 441 g/mol. The number of aromatic nitrogens is 2. The van der Waals surface area contributed by atoms with Crippen LogP contribution in [0.15, 0.2) is 91.5 Å². The van der Waals surface area contributed by atoms with Crippen LogP contribution in [-0.2, 0) is 4.74 Å². The van der Waals surface area contributed by atoms with Crippen molar-refractivity contribution in [3.05, 3.63) is 97.1 Å². The molecular formula is C26H23N3O4. The van der Waals surface area contributed by atoms with E-state index in [-0.39, 0.29) is 12.1 Å². The van der Waals surface area contributed by atoms with E-state index in [1.54, 1.807) is 18.5 Å². The van der Waals surface area contributed by atoms with Crippen molar-refractivity contribution in [3.8, 4) is 22.9 Å². The Morgan fingerprint density at radius 2 is 1.73 bits per heavy atom. The highest BCUT2D eigenvalue weighted by molar-refractivity contribution is 5.93. The minimum absolute atomic E-state index is 0.112. The number of anilines is 1. The topological polar surface area (TPSA) is 65.8 Å². The Balaban J connectivity index is 1.17. The lowest BCUT2D eigenvalue weighted by Crippen LogP contribution is -2.53. The van der Waals surface area contributed by atoms with E-state index in [2.05, 4.69) is 9.88 Å². The SMILES string of the molecule is COC(=O)c1ccccc1-n1ccc(N2CC(Oc3ccc(Oc4cccnc4)cc3)C2)c1. The number of ether oxygens (including phenoxy) is 3. The summed E-state index contributed by atoms with van der Waals surface area (Å²) in [5.74, 6) is 1.89. The summed E-state index contributed by atoms with van der Waals surface area (Å²) in [6.07, 6.45) is 7.46. The fourth-order valence-corrected chi connectivity index (χ4v) is 3.75. The molecule has 1 saturated heterocycles. The number of pyridine rings is 1. The van der Waals surface area contributed by atoms with Gasteiger partial charge in [-0.2, -0.15) is 0 Å². The Morgan fingerprint density at radius 1 is 0.939 bits per heavy atom. The van der Waals surface area contributed by atoms with Crippen LogP contribution in [0.2, 0.25) is 0 Å². The number of hydrogen-bond acceptors (Lipinski definition) is 6. The van der Waals surface area contributed by atoms with Gasteiger partial charge < -0.3 is 23.7 Å². The highest BCUT2D eigenvalue weighted by Gasteiger charge is 2.29. The molecule has 0 unspecified atom stereocenters. The third-order valence-corrected chi connectivity index (χ3v) is 5.47. The van der Waals surface area contributed by atoms with E-state index in [0.717, 1.165) is 36.0 Å². The van der Waals surface area contributed by atoms with Gasteiger partial charge in [0.15, 0.2) is 0 Å². The standard InChI is InChI=1S/C26H23N3O4/c1-31-26(30)24-6-2-3-7-25(24)28-14-12-19(16-28)29-17-23(18-29)33-21-10-8-20(9-11-21)32-22-5-4-13-27-15-22/h2-16,23H,17-18H2,1H3. The smallest absolute Gasteiger partial charge is 0.339 e. The van der Waals surface area contributed by atoms with Gasteiger partial charge in [0, 0.05) is 18.6 Å². The minimum Gasteiger partial charge on any atom is -0.487 e. The summed E-state index contributed by atoms with van der Waals surface area (Å²) in [4.78, 5) is 18.4. The number of hydrogen-bond donors (Lipinski definition) is 0. The molecule has 0 amide bonds. The quantitative estimate of drug-likeness (QED) is 0.387. The molecular weight excluding hydrogens is 418 g/mol. The number of carbonyl (C=O) groups is 1. The van der Waals surface area contributed by atoms with Gasteiger partial charge in [0.2, 0.25) is 0 Å². The van der Waals surface area contributed by atoms with Gasteiger partial charge in [0.05, 0.1) is 43.3 Å². The predicted molar refractivity (Wildman–Crippen MR) is 124 cm³/mol. The van der Waals surface area contributed by atoms with E-state index in [0.29, 0.717) is 11.3 Å². The highest BCUT2D eigenvalue weighted by Crippen LogP contribution is 2.28. The van der Waals surface area contributed by atoms with E-state index >= 15 is 0 Å². The zero-order valence-electron chi connectivity index (χ0n) is 18.1. The molecule has 0 atom stereocenters. The van der Waals surface area contributed by atoms with Crippen LogP contribution in [0.1, 0.15) is 10.4 Å². The van der Waals surface area contributed by atoms with Gasteiger partial charge in [-0.25, -0.2) is 4.79 Å². The molecule has 0 N–H and O–H groups in total. The molecule has 0 saturated carbocycles. The molecule has 0 bridgehead atoms. The summed E-state index contributed by atoms with van der Waals surface area (Å²) >= 11 is 0. The van der Waals surface area contributed by atoms with Gasteiger partial charge in [0.25, 0.3) is 0 Å². The molecule has 166 valence electrons. The molecule has 0 radical (unpaired) electrons. The van der Waals surface area contributed by atoms with Crippen LogP contribution in [0.4, 0.5) is 5.69 Å². The second-order valence-corrected chi connectivity index (χ2v) is 7.69. The first kappa shape index (κ1) is 20.6. The Labute approximate surface area is 191 Å². The first-order chi connectivity index (χ1) is 16.2. The molecule has 3 heterocycles. The average Bonchev–Trinajstić information content (AvgIpc) is 3.32. The summed E-state index contributed by atoms with van der Waals surface area (Å²) in [7, 11) is 1.39. The van der Waals surface area contributed by atoms with Crippen LogP contribution < -0.4 is 14.4 Å². The maximum absolute atomic E-state index is 12.1. The summed E-state index contributed by atoms with van der Waals surface area (Å²) < 4.78 is 18.7. The molecule has 0 aliphatic carbocycles. The van der Waals surface area contributed by atoms with E-state index in [9.17, 15) is 4.79 Å². The normalized spacial score (nSPS) is 13.3.